The summed E-state index contributed by atoms with van der Waals surface area (Å²) in [5.41, 5.74) is 2.65. The summed E-state index contributed by atoms with van der Waals surface area (Å²) in [7, 11) is 0. The van der Waals surface area contributed by atoms with E-state index in [0.29, 0.717) is 95.4 Å². The minimum atomic E-state index is -0.312. The van der Waals surface area contributed by atoms with Crippen LogP contribution in [0.2, 0.25) is 0 Å². The van der Waals surface area contributed by atoms with Crippen molar-refractivity contribution in [2.75, 3.05) is 6.54 Å². The lowest BCUT2D eigenvalue weighted by Gasteiger charge is -2.58. The number of amides is 1. The van der Waals surface area contributed by atoms with Gasteiger partial charge in [0.05, 0.1) is 12.8 Å². The van der Waals surface area contributed by atoms with Crippen LogP contribution < -0.4 is 5.32 Å². The average Bonchev–Trinajstić information content (AvgIpc) is 3.61. The van der Waals surface area contributed by atoms with Crippen molar-refractivity contribution in [3.63, 3.8) is 0 Å². The summed E-state index contributed by atoms with van der Waals surface area (Å²) in [6.07, 6.45) is 15.2. The first-order valence-corrected chi connectivity index (χ1v) is 22.3. The second-order valence-corrected chi connectivity index (χ2v) is 20.6. The molecule has 1 N–H and O–H groups in total. The molecule has 0 aliphatic heterocycles. The molecule has 0 aromatic rings. The highest BCUT2D eigenvalue weighted by molar-refractivity contribution is 5.92. The Kier molecular flexibility index (Phi) is 10.6. The number of hydrogen-bond donors (Lipinski definition) is 1. The van der Waals surface area contributed by atoms with Crippen molar-refractivity contribution in [1.82, 2.24) is 5.32 Å². The maximum Gasteiger partial charge on any atom is 0.307 e. The Morgan fingerprint density at radius 3 is 1.55 bits per heavy atom. The van der Waals surface area contributed by atoms with Gasteiger partial charge in [-0.1, -0.05) is 52.7 Å². The van der Waals surface area contributed by atoms with Gasteiger partial charge in [0.15, 0.2) is 11.6 Å². The zero-order valence-corrected chi connectivity index (χ0v) is 34.4. The zero-order valence-electron chi connectivity index (χ0n) is 34.4. The summed E-state index contributed by atoms with van der Waals surface area (Å²) >= 11 is 0. The third kappa shape index (κ3) is 6.89. The molecule has 8 aliphatic rings. The van der Waals surface area contributed by atoms with Crippen LogP contribution in [-0.4, -0.2) is 48.2 Å². The first-order chi connectivity index (χ1) is 26.2. The molecule has 302 valence electrons. The second kappa shape index (κ2) is 14.9. The van der Waals surface area contributed by atoms with Crippen LogP contribution in [0.5, 0.6) is 0 Å². The lowest BCUT2D eigenvalue weighted by atomic mass is 9.47. The van der Waals surface area contributed by atoms with Crippen LogP contribution in [0.15, 0.2) is 23.3 Å². The first-order valence-electron chi connectivity index (χ1n) is 22.3. The molecule has 0 radical (unpaired) electrons. The minimum absolute atomic E-state index is 0.0326. The summed E-state index contributed by atoms with van der Waals surface area (Å²) in [4.78, 5) is 63.6. The number of carbonyl (C=O) groups excluding carboxylic acids is 5. The number of carbonyl (C=O) groups is 5. The molecule has 0 bridgehead atoms. The number of nitrogens with one attached hydrogen (secondary N) is 1. The van der Waals surface area contributed by atoms with Crippen LogP contribution in [0.1, 0.15) is 138 Å². The quantitative estimate of drug-likeness (QED) is 0.248. The zero-order chi connectivity index (χ0) is 39.0. The molecule has 0 heterocycles. The Morgan fingerprint density at radius 2 is 1.07 bits per heavy atom. The number of fused-ring (bicyclic) bond motifs is 10. The average molecular weight is 758 g/mol. The summed E-state index contributed by atoms with van der Waals surface area (Å²) in [5, 5.41) is 2.85. The Balaban J connectivity index is 0.787. The van der Waals surface area contributed by atoms with Gasteiger partial charge in [-0.3, -0.25) is 24.0 Å². The van der Waals surface area contributed by atoms with E-state index in [1.54, 1.807) is 0 Å². The predicted molar refractivity (Wildman–Crippen MR) is 209 cm³/mol. The number of ketones is 2. The lowest BCUT2D eigenvalue weighted by molar-refractivity contribution is -0.164. The molecule has 0 saturated heterocycles. The highest BCUT2D eigenvalue weighted by atomic mass is 16.5. The molecule has 0 spiro atoms. The number of rotatable bonds is 8. The summed E-state index contributed by atoms with van der Waals surface area (Å²) in [6, 6.07) is 0. The normalized spacial score (nSPS) is 45.7. The van der Waals surface area contributed by atoms with Gasteiger partial charge in [0.1, 0.15) is 12.2 Å². The molecular formula is C47H67NO7. The standard InChI is InChI=1S/C47H67NO7/c1-25-19-29-21-31(49)7-9-33(29)42-27(3)23-46(5)35(44(25)42)11-13-37(46)54-40(52)16-15-39(51)48-18-17-41(53)55-38-14-12-36-45-26(2)20-30-22-32(50)8-10-34(30)43(45)28(4)24-47(36,38)6/h21-22,25-28,33-38,42-45H,7-20,23-24H2,1-6H3,(H,48,51)/t25-,26-,27+,28+,33+,34+,35?,36?,37+,38+,42?,43?,44?,45?,46+,47+/m1/s1. The van der Waals surface area contributed by atoms with Crippen LogP contribution in [-0.2, 0) is 33.4 Å². The van der Waals surface area contributed by atoms with Crippen molar-refractivity contribution in [3.05, 3.63) is 23.3 Å². The highest BCUT2D eigenvalue weighted by Crippen LogP contribution is 2.67. The molecule has 0 aromatic heterocycles. The molecule has 6 saturated carbocycles. The number of hydrogen-bond acceptors (Lipinski definition) is 7. The van der Waals surface area contributed by atoms with Crippen molar-refractivity contribution in [2.24, 2.45) is 81.8 Å². The first kappa shape index (κ1) is 39.1. The van der Waals surface area contributed by atoms with Gasteiger partial charge in [-0.25, -0.2) is 0 Å². The molecule has 1 amide bonds. The Labute approximate surface area is 329 Å². The van der Waals surface area contributed by atoms with E-state index in [9.17, 15) is 24.0 Å². The van der Waals surface area contributed by atoms with Crippen LogP contribution in [0.25, 0.3) is 0 Å². The number of esters is 2. The van der Waals surface area contributed by atoms with E-state index in [1.807, 2.05) is 12.2 Å². The summed E-state index contributed by atoms with van der Waals surface area (Å²) in [6.45, 7) is 14.4. The molecule has 55 heavy (non-hydrogen) atoms. The van der Waals surface area contributed by atoms with Crippen LogP contribution >= 0.6 is 0 Å². The topological polar surface area (TPSA) is 116 Å². The van der Waals surface area contributed by atoms with Crippen molar-refractivity contribution in [2.45, 2.75) is 150 Å². The molecular weight excluding hydrogens is 691 g/mol. The highest BCUT2D eigenvalue weighted by Gasteiger charge is 2.62. The van der Waals surface area contributed by atoms with Gasteiger partial charge < -0.3 is 14.8 Å². The Morgan fingerprint density at radius 1 is 0.618 bits per heavy atom. The van der Waals surface area contributed by atoms with Gasteiger partial charge in [0.2, 0.25) is 5.91 Å². The minimum Gasteiger partial charge on any atom is -0.462 e. The lowest BCUT2D eigenvalue weighted by Crippen LogP contribution is -2.54. The summed E-state index contributed by atoms with van der Waals surface area (Å²) < 4.78 is 12.4. The van der Waals surface area contributed by atoms with E-state index in [0.717, 1.165) is 64.2 Å². The van der Waals surface area contributed by atoms with E-state index < -0.39 is 0 Å². The van der Waals surface area contributed by atoms with Crippen LogP contribution in [0.3, 0.4) is 0 Å². The maximum absolute atomic E-state index is 13.2. The molecule has 8 rings (SSSR count). The third-order valence-electron chi connectivity index (χ3n) is 17.5. The van der Waals surface area contributed by atoms with Gasteiger partial charge in [-0.05, 0) is 147 Å². The maximum atomic E-state index is 13.2. The van der Waals surface area contributed by atoms with Gasteiger partial charge in [-0.15, -0.1) is 0 Å². The van der Waals surface area contributed by atoms with E-state index in [4.69, 9.17) is 9.47 Å². The Bertz CT molecular complexity index is 1650. The fraction of sp³-hybridized carbons (Fsp3) is 0.809. The molecule has 6 unspecified atom stereocenters. The van der Waals surface area contributed by atoms with Gasteiger partial charge in [-0.2, -0.15) is 0 Å². The SMILES string of the molecule is C[C@@H]1CC2=CC(=O)CC[C@@H]2C2C1C1CC[C@H](OC(=O)CCNC(=O)CCC(=O)O[C@H]3CCC4C5C([C@@H](C)C[C@@]43C)[C@H]3CCC(=O)C=C3C[C@H]5C)[C@@]1(C)C[C@@H]2C. The second-order valence-electron chi connectivity index (χ2n) is 20.6. The van der Waals surface area contributed by atoms with Crippen molar-refractivity contribution < 1.29 is 33.4 Å². The third-order valence-corrected chi connectivity index (χ3v) is 17.5. The largest absolute Gasteiger partial charge is 0.462 e. The monoisotopic (exact) mass is 757 g/mol. The van der Waals surface area contributed by atoms with E-state index >= 15 is 0 Å². The number of allylic oxidation sites excluding steroid dienone is 2. The molecule has 8 nitrogen and oxygen atoms in total. The van der Waals surface area contributed by atoms with E-state index in [1.165, 1.54) is 11.1 Å². The van der Waals surface area contributed by atoms with Crippen LogP contribution in [0, 0.1) is 81.8 Å². The van der Waals surface area contributed by atoms with Crippen molar-refractivity contribution in [3.8, 4) is 0 Å². The molecule has 16 atom stereocenters. The van der Waals surface area contributed by atoms with Gasteiger partial charge in [0.25, 0.3) is 0 Å². The van der Waals surface area contributed by atoms with Crippen molar-refractivity contribution in [1.29, 1.82) is 0 Å². The Hall–Kier alpha value is -2.77. The molecule has 0 aromatic carbocycles. The number of ether oxygens (including phenoxy) is 2. The van der Waals surface area contributed by atoms with E-state index in [-0.39, 0.29) is 66.7 Å². The molecule has 8 aliphatic carbocycles. The predicted octanol–water partition coefficient (Wildman–Crippen LogP) is 8.36. The smallest absolute Gasteiger partial charge is 0.307 e. The van der Waals surface area contributed by atoms with Gasteiger partial charge >= 0.3 is 11.9 Å². The van der Waals surface area contributed by atoms with Crippen LogP contribution in [0.4, 0.5) is 0 Å². The van der Waals surface area contributed by atoms with Crippen molar-refractivity contribution >= 4 is 29.4 Å². The van der Waals surface area contributed by atoms with E-state index in [2.05, 4.69) is 46.9 Å². The molecule has 6 fully saturated rings. The molecule has 8 heteroatoms. The fourth-order valence-corrected chi connectivity index (χ4v) is 15.6. The summed E-state index contributed by atoms with van der Waals surface area (Å²) in [5.74, 6) is 6.24. The fourth-order valence-electron chi connectivity index (χ4n) is 15.6. The van der Waals surface area contributed by atoms with Gasteiger partial charge in [0, 0.05) is 36.6 Å².